The molecule has 2 N–H and O–H groups in total. The Kier molecular flexibility index (Phi) is 7.28. The van der Waals surface area contributed by atoms with Crippen LogP contribution in [0.4, 0.5) is 8.78 Å². The molecule has 2 aromatic rings. The van der Waals surface area contributed by atoms with Crippen molar-refractivity contribution >= 4 is 11.9 Å². The minimum atomic E-state index is -1.07. The van der Waals surface area contributed by atoms with Crippen molar-refractivity contribution in [3.63, 3.8) is 0 Å². The van der Waals surface area contributed by atoms with Crippen molar-refractivity contribution in [3.8, 4) is 5.75 Å². The first-order chi connectivity index (χ1) is 12.9. The Morgan fingerprint density at radius 1 is 1.11 bits per heavy atom. The molecule has 5 nitrogen and oxygen atoms in total. The maximum absolute atomic E-state index is 13.6. The van der Waals surface area contributed by atoms with E-state index in [0.717, 1.165) is 17.7 Å². The van der Waals surface area contributed by atoms with Gasteiger partial charge in [-0.05, 0) is 43.2 Å². The molecule has 7 heteroatoms. The minimum absolute atomic E-state index is 0.141. The maximum Gasteiger partial charge on any atom is 0.308 e. The van der Waals surface area contributed by atoms with Gasteiger partial charge in [-0.2, -0.15) is 0 Å². The fourth-order valence-electron chi connectivity index (χ4n) is 2.58. The number of hydrogen-bond donors (Lipinski definition) is 2. The molecular weight excluding hydrogens is 356 g/mol. The second-order valence-electron chi connectivity index (χ2n) is 6.00. The number of aliphatic carboxylic acids is 1. The Balaban J connectivity index is 1.94. The second kappa shape index (κ2) is 9.66. The lowest BCUT2D eigenvalue weighted by atomic mass is 9.99. The topological polar surface area (TPSA) is 75.6 Å². The number of rotatable bonds is 9. The SMILES string of the molecule is CCOc1ccc(CC(CNC(=O)Cc2c(F)cccc2F)C(=O)O)cc1. The van der Waals surface area contributed by atoms with Crippen molar-refractivity contribution in [2.45, 2.75) is 19.8 Å². The molecule has 0 fully saturated rings. The first-order valence-electron chi connectivity index (χ1n) is 8.54. The Labute approximate surface area is 156 Å². The standard InChI is InChI=1S/C20H21F2NO4/c1-2-27-15-8-6-13(7-9-15)10-14(20(25)26)12-23-19(24)11-16-17(21)4-3-5-18(16)22/h3-9,14H,2,10-12H2,1H3,(H,23,24)(H,25,26). The van der Waals surface area contributed by atoms with Crippen molar-refractivity contribution in [1.82, 2.24) is 5.32 Å². The van der Waals surface area contributed by atoms with Crippen LogP contribution in [0.3, 0.4) is 0 Å². The molecule has 144 valence electrons. The van der Waals surface area contributed by atoms with E-state index in [0.29, 0.717) is 12.4 Å². The highest BCUT2D eigenvalue weighted by Crippen LogP contribution is 2.16. The Hall–Kier alpha value is -2.96. The predicted molar refractivity (Wildman–Crippen MR) is 95.5 cm³/mol. The molecule has 0 radical (unpaired) electrons. The van der Waals surface area contributed by atoms with Crippen LogP contribution in [0.5, 0.6) is 5.75 Å². The third kappa shape index (κ3) is 6.06. The highest BCUT2D eigenvalue weighted by atomic mass is 19.1. The molecule has 0 saturated heterocycles. The zero-order valence-corrected chi connectivity index (χ0v) is 14.9. The summed E-state index contributed by atoms with van der Waals surface area (Å²) in [6, 6.07) is 10.4. The molecule has 0 aliphatic heterocycles. The van der Waals surface area contributed by atoms with Gasteiger partial charge in [0, 0.05) is 12.1 Å². The van der Waals surface area contributed by atoms with Crippen molar-refractivity contribution in [2.24, 2.45) is 5.92 Å². The number of amides is 1. The lowest BCUT2D eigenvalue weighted by molar-refractivity contribution is -0.141. The summed E-state index contributed by atoms with van der Waals surface area (Å²) >= 11 is 0. The van der Waals surface area contributed by atoms with Gasteiger partial charge < -0.3 is 15.2 Å². The number of benzene rings is 2. The molecular formula is C20H21F2NO4. The zero-order chi connectivity index (χ0) is 19.8. The van der Waals surface area contributed by atoms with Crippen LogP contribution in [0.25, 0.3) is 0 Å². The maximum atomic E-state index is 13.6. The quantitative estimate of drug-likeness (QED) is 0.705. The molecule has 0 bridgehead atoms. The smallest absolute Gasteiger partial charge is 0.308 e. The molecule has 27 heavy (non-hydrogen) atoms. The molecule has 1 atom stereocenters. The summed E-state index contributed by atoms with van der Waals surface area (Å²) < 4.78 is 32.5. The molecule has 2 aromatic carbocycles. The van der Waals surface area contributed by atoms with E-state index < -0.39 is 35.8 Å². The molecule has 0 aliphatic rings. The van der Waals surface area contributed by atoms with E-state index in [2.05, 4.69) is 5.32 Å². The van der Waals surface area contributed by atoms with E-state index >= 15 is 0 Å². The van der Waals surface area contributed by atoms with Gasteiger partial charge in [0.15, 0.2) is 0 Å². The van der Waals surface area contributed by atoms with E-state index in [9.17, 15) is 23.5 Å². The average molecular weight is 377 g/mol. The van der Waals surface area contributed by atoms with Crippen LogP contribution < -0.4 is 10.1 Å². The fraction of sp³-hybridized carbons (Fsp3) is 0.300. The molecule has 2 rings (SSSR count). The molecule has 1 unspecified atom stereocenters. The van der Waals surface area contributed by atoms with Crippen LogP contribution in [0, 0.1) is 17.6 Å². The lowest BCUT2D eigenvalue weighted by Crippen LogP contribution is -2.35. The largest absolute Gasteiger partial charge is 0.494 e. The van der Waals surface area contributed by atoms with Gasteiger partial charge >= 0.3 is 5.97 Å². The fourth-order valence-corrected chi connectivity index (χ4v) is 2.58. The van der Waals surface area contributed by atoms with E-state index in [1.54, 1.807) is 24.3 Å². The lowest BCUT2D eigenvalue weighted by Gasteiger charge is -2.14. The number of hydrogen-bond acceptors (Lipinski definition) is 3. The number of halogens is 2. The summed E-state index contributed by atoms with van der Waals surface area (Å²) in [6.45, 7) is 2.26. The van der Waals surface area contributed by atoms with Crippen LogP contribution in [0.15, 0.2) is 42.5 Å². The third-order valence-electron chi connectivity index (χ3n) is 4.01. The van der Waals surface area contributed by atoms with Gasteiger partial charge in [0.1, 0.15) is 17.4 Å². The molecule has 0 aromatic heterocycles. The van der Waals surface area contributed by atoms with Crippen LogP contribution in [-0.2, 0) is 22.4 Å². The molecule has 0 spiro atoms. The van der Waals surface area contributed by atoms with Gasteiger partial charge in [-0.3, -0.25) is 9.59 Å². The summed E-state index contributed by atoms with van der Waals surface area (Å²) in [4.78, 5) is 23.4. The van der Waals surface area contributed by atoms with E-state index in [1.807, 2.05) is 6.92 Å². The molecule has 1 amide bonds. The number of carboxylic acid groups (broad SMARTS) is 1. The van der Waals surface area contributed by atoms with E-state index in [1.165, 1.54) is 6.07 Å². The van der Waals surface area contributed by atoms with Crippen LogP contribution in [0.2, 0.25) is 0 Å². The Morgan fingerprint density at radius 3 is 2.30 bits per heavy atom. The molecule has 0 aliphatic carbocycles. The number of ether oxygens (including phenoxy) is 1. The van der Waals surface area contributed by atoms with Crippen LogP contribution >= 0.6 is 0 Å². The summed E-state index contributed by atoms with van der Waals surface area (Å²) in [5, 5.41) is 11.8. The van der Waals surface area contributed by atoms with E-state index in [-0.39, 0.29) is 18.5 Å². The van der Waals surface area contributed by atoms with Gasteiger partial charge in [-0.15, -0.1) is 0 Å². The monoisotopic (exact) mass is 377 g/mol. The minimum Gasteiger partial charge on any atom is -0.494 e. The summed E-state index contributed by atoms with van der Waals surface area (Å²) in [5.74, 6) is -3.51. The van der Waals surface area contributed by atoms with Gasteiger partial charge in [0.2, 0.25) is 5.91 Å². The normalized spacial score (nSPS) is 11.7. The van der Waals surface area contributed by atoms with Crippen molar-refractivity contribution in [3.05, 3.63) is 65.2 Å². The Bertz CT molecular complexity index is 773. The second-order valence-corrected chi connectivity index (χ2v) is 6.00. The van der Waals surface area contributed by atoms with Gasteiger partial charge in [0.05, 0.1) is 18.9 Å². The summed E-state index contributed by atoms with van der Waals surface area (Å²) in [5.41, 5.74) is 0.439. The van der Waals surface area contributed by atoms with Gasteiger partial charge in [0.25, 0.3) is 0 Å². The average Bonchev–Trinajstić information content (AvgIpc) is 2.63. The van der Waals surface area contributed by atoms with Crippen molar-refractivity contribution in [2.75, 3.05) is 13.2 Å². The van der Waals surface area contributed by atoms with E-state index in [4.69, 9.17) is 4.74 Å². The first kappa shape index (κ1) is 20.4. The van der Waals surface area contributed by atoms with Crippen LogP contribution in [0.1, 0.15) is 18.1 Å². The van der Waals surface area contributed by atoms with Crippen molar-refractivity contribution in [1.29, 1.82) is 0 Å². The molecule has 0 heterocycles. The van der Waals surface area contributed by atoms with Crippen molar-refractivity contribution < 1.29 is 28.2 Å². The van der Waals surface area contributed by atoms with Gasteiger partial charge in [-0.25, -0.2) is 8.78 Å². The Morgan fingerprint density at radius 2 is 1.74 bits per heavy atom. The number of carbonyl (C=O) groups excluding carboxylic acids is 1. The number of carboxylic acids is 1. The number of nitrogens with one attached hydrogen (secondary N) is 1. The van der Waals surface area contributed by atoms with Gasteiger partial charge in [-0.1, -0.05) is 18.2 Å². The highest BCUT2D eigenvalue weighted by molar-refractivity contribution is 5.79. The summed E-state index contributed by atoms with van der Waals surface area (Å²) in [7, 11) is 0. The summed E-state index contributed by atoms with van der Waals surface area (Å²) in [6.07, 6.45) is -0.288. The zero-order valence-electron chi connectivity index (χ0n) is 14.9. The molecule has 0 saturated carbocycles. The van der Waals surface area contributed by atoms with Crippen LogP contribution in [-0.4, -0.2) is 30.1 Å². The predicted octanol–water partition coefficient (Wildman–Crippen LogP) is 2.97. The first-order valence-corrected chi connectivity index (χ1v) is 8.54. The third-order valence-corrected chi connectivity index (χ3v) is 4.01. The number of carbonyl (C=O) groups is 2. The highest BCUT2D eigenvalue weighted by Gasteiger charge is 2.20.